The Kier molecular flexibility index (Phi) is 6.26. The van der Waals surface area contributed by atoms with E-state index in [1.807, 2.05) is 45.0 Å². The number of rotatable bonds is 8. The van der Waals surface area contributed by atoms with Crippen LogP contribution < -0.4 is 10.1 Å². The molecule has 0 bridgehead atoms. The van der Waals surface area contributed by atoms with E-state index >= 15 is 0 Å². The Bertz CT molecular complexity index is 701. The third kappa shape index (κ3) is 5.36. The Labute approximate surface area is 149 Å². The van der Waals surface area contributed by atoms with Gasteiger partial charge in [0.1, 0.15) is 22.9 Å². The summed E-state index contributed by atoms with van der Waals surface area (Å²) in [6, 6.07) is 9.55. The molecule has 2 N–H and O–H groups in total. The van der Waals surface area contributed by atoms with Gasteiger partial charge >= 0.3 is 0 Å². The Morgan fingerprint density at radius 3 is 2.52 bits per heavy atom. The molecule has 1 aromatic heterocycles. The number of nitrogens with one attached hydrogen (secondary N) is 1. The van der Waals surface area contributed by atoms with Crippen LogP contribution in [0.3, 0.4) is 0 Å². The molecule has 0 saturated carbocycles. The van der Waals surface area contributed by atoms with Crippen LogP contribution in [0.2, 0.25) is 0 Å². The molecule has 2 aromatic rings. The average molecular weight is 345 g/mol. The molecule has 1 heterocycles. The van der Waals surface area contributed by atoms with E-state index in [2.05, 4.69) is 5.32 Å². The molecule has 5 nitrogen and oxygen atoms in total. The first-order valence-corrected chi connectivity index (χ1v) is 8.60. The highest BCUT2D eigenvalue weighted by atomic mass is 16.5. The van der Waals surface area contributed by atoms with E-state index in [1.165, 1.54) is 0 Å². The van der Waals surface area contributed by atoms with Crippen LogP contribution in [-0.4, -0.2) is 24.2 Å². The molecule has 0 aliphatic rings. The standard InChI is InChI=1S/C20H27NO4/c1-5-24-17-9-6-16(7-10-17)8-11-19(22)21-13-20(4,23)18-12-14(2)25-15(18)3/h6-7,9-10,12,23H,5,8,11,13H2,1-4H3,(H,21,22). The van der Waals surface area contributed by atoms with E-state index in [4.69, 9.17) is 9.15 Å². The monoisotopic (exact) mass is 345 g/mol. The zero-order valence-electron chi connectivity index (χ0n) is 15.4. The van der Waals surface area contributed by atoms with Gasteiger partial charge in [-0.2, -0.15) is 0 Å². The number of hydrogen-bond acceptors (Lipinski definition) is 4. The van der Waals surface area contributed by atoms with Crippen molar-refractivity contribution in [1.29, 1.82) is 0 Å². The van der Waals surface area contributed by atoms with Gasteiger partial charge in [-0.3, -0.25) is 4.79 Å². The molecule has 1 atom stereocenters. The van der Waals surface area contributed by atoms with Crippen molar-refractivity contribution in [3.63, 3.8) is 0 Å². The number of carbonyl (C=O) groups is 1. The van der Waals surface area contributed by atoms with Crippen molar-refractivity contribution in [3.8, 4) is 5.75 Å². The molecule has 0 fully saturated rings. The molecule has 0 spiro atoms. The number of aliphatic hydroxyl groups is 1. The third-order valence-corrected chi connectivity index (χ3v) is 4.13. The van der Waals surface area contributed by atoms with E-state index in [-0.39, 0.29) is 12.5 Å². The summed E-state index contributed by atoms with van der Waals surface area (Å²) in [5.41, 5.74) is 0.625. The number of hydrogen-bond donors (Lipinski definition) is 2. The van der Waals surface area contributed by atoms with Gasteiger partial charge in [0, 0.05) is 12.0 Å². The summed E-state index contributed by atoms with van der Waals surface area (Å²) >= 11 is 0. The Hall–Kier alpha value is -2.27. The van der Waals surface area contributed by atoms with Crippen molar-refractivity contribution < 1.29 is 19.1 Å². The number of carbonyl (C=O) groups excluding carboxylic acids is 1. The summed E-state index contributed by atoms with van der Waals surface area (Å²) in [4.78, 5) is 12.1. The molecule has 0 aliphatic heterocycles. The fourth-order valence-electron chi connectivity index (χ4n) is 2.80. The van der Waals surface area contributed by atoms with Crippen molar-refractivity contribution in [2.45, 2.75) is 46.1 Å². The molecule has 25 heavy (non-hydrogen) atoms. The van der Waals surface area contributed by atoms with Gasteiger partial charge in [0.05, 0.1) is 13.2 Å². The van der Waals surface area contributed by atoms with Crippen molar-refractivity contribution in [3.05, 3.63) is 53.0 Å². The van der Waals surface area contributed by atoms with E-state index in [0.717, 1.165) is 17.1 Å². The summed E-state index contributed by atoms with van der Waals surface area (Å²) in [5.74, 6) is 2.16. The van der Waals surface area contributed by atoms with Crippen molar-refractivity contribution >= 4 is 5.91 Å². The van der Waals surface area contributed by atoms with E-state index < -0.39 is 5.60 Å². The Morgan fingerprint density at radius 2 is 1.96 bits per heavy atom. The highest BCUT2D eigenvalue weighted by molar-refractivity contribution is 5.76. The molecular weight excluding hydrogens is 318 g/mol. The maximum Gasteiger partial charge on any atom is 0.220 e. The molecule has 0 aliphatic carbocycles. The minimum absolute atomic E-state index is 0.0907. The first-order chi connectivity index (χ1) is 11.8. The molecule has 1 amide bonds. The van der Waals surface area contributed by atoms with Crippen molar-refractivity contribution in [2.75, 3.05) is 13.2 Å². The largest absolute Gasteiger partial charge is 0.494 e. The maximum absolute atomic E-state index is 12.1. The summed E-state index contributed by atoms with van der Waals surface area (Å²) in [5, 5.41) is 13.4. The summed E-state index contributed by atoms with van der Waals surface area (Å²) in [6.07, 6.45) is 1.01. The van der Waals surface area contributed by atoms with E-state index in [0.29, 0.717) is 30.8 Å². The number of amides is 1. The second-order valence-electron chi connectivity index (χ2n) is 6.45. The fourth-order valence-corrected chi connectivity index (χ4v) is 2.80. The number of furan rings is 1. The molecule has 136 valence electrons. The lowest BCUT2D eigenvalue weighted by molar-refractivity contribution is -0.122. The topological polar surface area (TPSA) is 71.7 Å². The lowest BCUT2D eigenvalue weighted by Crippen LogP contribution is -2.38. The number of benzene rings is 1. The van der Waals surface area contributed by atoms with Gasteiger partial charge < -0.3 is 19.6 Å². The third-order valence-electron chi connectivity index (χ3n) is 4.13. The smallest absolute Gasteiger partial charge is 0.220 e. The van der Waals surface area contributed by atoms with E-state index in [9.17, 15) is 9.90 Å². The fraction of sp³-hybridized carbons (Fsp3) is 0.450. The van der Waals surface area contributed by atoms with Gasteiger partial charge in [-0.15, -0.1) is 0 Å². The maximum atomic E-state index is 12.1. The predicted octanol–water partition coefficient (Wildman–Crippen LogP) is 3.25. The van der Waals surface area contributed by atoms with E-state index in [1.54, 1.807) is 13.0 Å². The van der Waals surface area contributed by atoms with Crippen LogP contribution in [0.5, 0.6) is 5.75 Å². The molecule has 0 saturated heterocycles. The van der Waals surface area contributed by atoms with Crippen LogP contribution in [-0.2, 0) is 16.8 Å². The van der Waals surface area contributed by atoms with Crippen LogP contribution in [0.1, 0.15) is 42.9 Å². The van der Waals surface area contributed by atoms with Gasteiger partial charge in [0.2, 0.25) is 5.91 Å². The Morgan fingerprint density at radius 1 is 1.28 bits per heavy atom. The van der Waals surface area contributed by atoms with Crippen molar-refractivity contribution in [2.24, 2.45) is 0 Å². The van der Waals surface area contributed by atoms with Crippen LogP contribution in [0.25, 0.3) is 0 Å². The van der Waals surface area contributed by atoms with Crippen molar-refractivity contribution in [1.82, 2.24) is 5.32 Å². The molecule has 0 radical (unpaired) electrons. The zero-order valence-corrected chi connectivity index (χ0v) is 15.4. The van der Waals surface area contributed by atoms with Gasteiger partial charge in [-0.25, -0.2) is 0 Å². The average Bonchev–Trinajstić information content (AvgIpc) is 2.92. The van der Waals surface area contributed by atoms with Gasteiger partial charge in [0.15, 0.2) is 0 Å². The normalized spacial score (nSPS) is 13.3. The molecule has 5 heteroatoms. The first-order valence-electron chi connectivity index (χ1n) is 8.60. The highest BCUT2D eigenvalue weighted by Gasteiger charge is 2.28. The van der Waals surface area contributed by atoms with Crippen LogP contribution in [0, 0.1) is 13.8 Å². The SMILES string of the molecule is CCOc1ccc(CCC(=O)NCC(C)(O)c2cc(C)oc2C)cc1. The lowest BCUT2D eigenvalue weighted by Gasteiger charge is -2.23. The first kappa shape index (κ1) is 19.1. The predicted molar refractivity (Wildman–Crippen MR) is 96.7 cm³/mol. The number of aryl methyl sites for hydroxylation is 3. The zero-order chi connectivity index (χ0) is 18.4. The molecule has 1 aromatic carbocycles. The summed E-state index contributed by atoms with van der Waals surface area (Å²) in [6.45, 7) is 8.05. The Balaban J connectivity index is 1.83. The van der Waals surface area contributed by atoms with Gasteiger partial charge in [0.25, 0.3) is 0 Å². The molecule has 1 unspecified atom stereocenters. The van der Waals surface area contributed by atoms with Gasteiger partial charge in [-0.1, -0.05) is 12.1 Å². The lowest BCUT2D eigenvalue weighted by atomic mass is 9.96. The van der Waals surface area contributed by atoms with Gasteiger partial charge in [-0.05, 0) is 57.9 Å². The minimum Gasteiger partial charge on any atom is -0.494 e. The number of ether oxygens (including phenoxy) is 1. The molecular formula is C20H27NO4. The molecule has 2 rings (SSSR count). The second kappa shape index (κ2) is 8.21. The highest BCUT2D eigenvalue weighted by Crippen LogP contribution is 2.26. The summed E-state index contributed by atoms with van der Waals surface area (Å²) in [7, 11) is 0. The summed E-state index contributed by atoms with van der Waals surface area (Å²) < 4.78 is 10.9. The van der Waals surface area contributed by atoms with Crippen LogP contribution in [0.15, 0.2) is 34.7 Å². The van der Waals surface area contributed by atoms with Crippen LogP contribution in [0.4, 0.5) is 0 Å². The quantitative estimate of drug-likeness (QED) is 0.770. The minimum atomic E-state index is -1.16. The van der Waals surface area contributed by atoms with Crippen LogP contribution >= 0.6 is 0 Å². The second-order valence-corrected chi connectivity index (χ2v) is 6.45.